The monoisotopic (exact) mass is 439 g/mol. The second-order valence-electron chi connectivity index (χ2n) is 7.61. The van der Waals surface area contributed by atoms with E-state index in [1.54, 1.807) is 13.0 Å². The highest BCUT2D eigenvalue weighted by molar-refractivity contribution is 7.94. The zero-order chi connectivity index (χ0) is 22.1. The van der Waals surface area contributed by atoms with Crippen LogP contribution in [0.2, 0.25) is 0 Å². The molecule has 3 rings (SSSR count). The number of aryl methyl sites for hydroxylation is 1. The Labute approximate surface area is 174 Å². The maximum Gasteiger partial charge on any atom is 0.257 e. The van der Waals surface area contributed by atoms with Gasteiger partial charge in [0, 0.05) is 25.5 Å². The highest BCUT2D eigenvalue weighted by atomic mass is 32.2. The largest absolute Gasteiger partial charge is 0.396 e. The fraction of sp³-hybridized carbons (Fsp3) is 0.450. The van der Waals surface area contributed by atoms with Crippen molar-refractivity contribution < 1.29 is 22.7 Å². The number of benzene rings is 1. The van der Waals surface area contributed by atoms with Crippen molar-refractivity contribution in [3.8, 4) is 0 Å². The molecule has 0 saturated heterocycles. The van der Waals surface area contributed by atoms with Crippen LogP contribution in [0.4, 0.5) is 21.5 Å². The predicted octanol–water partition coefficient (Wildman–Crippen LogP) is 2.61. The van der Waals surface area contributed by atoms with E-state index in [9.17, 15) is 22.7 Å². The van der Waals surface area contributed by atoms with Gasteiger partial charge in [-0.15, -0.1) is 0 Å². The number of aliphatic hydroxyl groups is 1. The number of aromatic nitrogens is 1. The number of halogens is 1. The highest BCUT2D eigenvalue weighted by Crippen LogP contribution is 2.47. The molecule has 1 aromatic carbocycles. The van der Waals surface area contributed by atoms with Gasteiger partial charge >= 0.3 is 0 Å². The molecule has 0 unspecified atom stereocenters. The molecule has 3 N–H and O–H groups in total. The van der Waals surface area contributed by atoms with E-state index in [0.29, 0.717) is 12.8 Å². The molecule has 10 heteroatoms. The Morgan fingerprint density at radius 2 is 1.97 bits per heavy atom. The van der Waals surface area contributed by atoms with E-state index < -0.39 is 26.1 Å². The normalized spacial score (nSPS) is 15.1. The van der Waals surface area contributed by atoms with Crippen molar-refractivity contribution in [2.45, 2.75) is 44.6 Å². The number of anilines is 3. The molecule has 1 saturated carbocycles. The van der Waals surface area contributed by atoms with Crippen molar-refractivity contribution in [1.29, 1.82) is 0 Å². The molecule has 0 bridgehead atoms. The zero-order valence-electron chi connectivity index (χ0n) is 17.2. The standard InChI is InChI=1S/C20H26FN3O5S/c1-13-4-5-16(15(21)10-13)22-18-14(2)19(26)24(12-29-3)11-17(18)23-30(27,28)20(6-7-20)8-9-25/h4-5,10-11,22-23,25H,6-9,12H2,1-3H3. The molecule has 30 heavy (non-hydrogen) atoms. The Bertz CT molecular complexity index is 1110. The number of hydrogen-bond acceptors (Lipinski definition) is 6. The van der Waals surface area contributed by atoms with Gasteiger partial charge in [0.25, 0.3) is 5.56 Å². The van der Waals surface area contributed by atoms with E-state index in [0.717, 1.165) is 5.56 Å². The molecule has 1 aromatic heterocycles. The Morgan fingerprint density at radius 1 is 1.27 bits per heavy atom. The Kier molecular flexibility index (Phi) is 6.21. The highest BCUT2D eigenvalue weighted by Gasteiger charge is 2.54. The molecule has 1 fully saturated rings. The van der Waals surface area contributed by atoms with Crippen LogP contribution in [0.3, 0.4) is 0 Å². The summed E-state index contributed by atoms with van der Waals surface area (Å²) in [5.41, 5.74) is 0.924. The number of hydrogen-bond donors (Lipinski definition) is 3. The van der Waals surface area contributed by atoms with Crippen LogP contribution in [0.15, 0.2) is 29.2 Å². The fourth-order valence-corrected chi connectivity index (χ4v) is 5.04. The number of sulfonamides is 1. The maximum atomic E-state index is 14.4. The lowest BCUT2D eigenvalue weighted by atomic mass is 10.2. The summed E-state index contributed by atoms with van der Waals surface area (Å²) in [4.78, 5) is 12.7. The lowest BCUT2D eigenvalue weighted by Gasteiger charge is -2.22. The minimum atomic E-state index is -3.86. The van der Waals surface area contributed by atoms with Gasteiger partial charge in [0.05, 0.1) is 21.8 Å². The van der Waals surface area contributed by atoms with Gasteiger partial charge in [-0.25, -0.2) is 12.8 Å². The molecule has 8 nitrogen and oxygen atoms in total. The number of nitrogens with zero attached hydrogens (tertiary/aromatic N) is 1. The Morgan fingerprint density at radius 3 is 2.53 bits per heavy atom. The van der Waals surface area contributed by atoms with Crippen LogP contribution in [-0.2, 0) is 21.5 Å². The number of rotatable bonds is 9. The zero-order valence-corrected chi connectivity index (χ0v) is 18.0. The topological polar surface area (TPSA) is 110 Å². The third kappa shape index (κ3) is 4.21. The van der Waals surface area contributed by atoms with E-state index in [4.69, 9.17) is 4.74 Å². The number of nitrogens with one attached hydrogen (secondary N) is 2. The van der Waals surface area contributed by atoms with Crippen LogP contribution in [0.5, 0.6) is 0 Å². The van der Waals surface area contributed by atoms with E-state index >= 15 is 0 Å². The van der Waals surface area contributed by atoms with Gasteiger partial charge in [-0.05, 0) is 50.8 Å². The molecule has 0 spiro atoms. The van der Waals surface area contributed by atoms with E-state index in [-0.39, 0.29) is 42.4 Å². The summed E-state index contributed by atoms with van der Waals surface area (Å²) in [6.07, 6.45) is 2.33. The first-order chi connectivity index (χ1) is 14.1. The second kappa shape index (κ2) is 8.37. The van der Waals surface area contributed by atoms with Crippen molar-refractivity contribution in [3.63, 3.8) is 0 Å². The van der Waals surface area contributed by atoms with E-state index in [1.165, 1.54) is 36.9 Å². The summed E-state index contributed by atoms with van der Waals surface area (Å²) in [5.74, 6) is -0.525. The van der Waals surface area contributed by atoms with Crippen molar-refractivity contribution in [1.82, 2.24) is 4.57 Å². The summed E-state index contributed by atoms with van der Waals surface area (Å²) in [5, 5.41) is 12.1. The summed E-state index contributed by atoms with van der Waals surface area (Å²) in [6.45, 7) is 2.96. The number of ether oxygens (including phenoxy) is 1. The summed E-state index contributed by atoms with van der Waals surface area (Å²) in [7, 11) is -2.44. The van der Waals surface area contributed by atoms with Gasteiger partial charge in [0.1, 0.15) is 12.5 Å². The van der Waals surface area contributed by atoms with Gasteiger partial charge in [0.15, 0.2) is 0 Å². The SMILES string of the molecule is COCn1cc(NS(=O)(=O)C2(CCO)CC2)c(Nc2ccc(C)cc2F)c(C)c1=O. The molecular formula is C20H26FN3O5S. The molecule has 0 atom stereocenters. The minimum Gasteiger partial charge on any atom is -0.396 e. The van der Waals surface area contributed by atoms with Crippen LogP contribution in [0.1, 0.15) is 30.4 Å². The van der Waals surface area contributed by atoms with Gasteiger partial charge in [0.2, 0.25) is 10.0 Å². The predicted molar refractivity (Wildman–Crippen MR) is 113 cm³/mol. The number of aliphatic hydroxyl groups excluding tert-OH is 1. The molecule has 1 aliphatic rings. The van der Waals surface area contributed by atoms with Crippen molar-refractivity contribution >= 4 is 27.1 Å². The van der Waals surface area contributed by atoms with Crippen LogP contribution in [0.25, 0.3) is 0 Å². The Hall–Kier alpha value is -2.43. The first kappa shape index (κ1) is 22.3. The molecular weight excluding hydrogens is 413 g/mol. The molecule has 0 radical (unpaired) electrons. The first-order valence-corrected chi connectivity index (χ1v) is 11.0. The molecule has 2 aromatic rings. The quantitative estimate of drug-likeness (QED) is 0.554. The van der Waals surface area contributed by atoms with Crippen LogP contribution >= 0.6 is 0 Å². The van der Waals surface area contributed by atoms with Gasteiger partial charge < -0.3 is 15.2 Å². The van der Waals surface area contributed by atoms with Crippen molar-refractivity contribution in [2.24, 2.45) is 0 Å². The summed E-state index contributed by atoms with van der Waals surface area (Å²) < 4.78 is 48.2. The van der Waals surface area contributed by atoms with Crippen molar-refractivity contribution in [2.75, 3.05) is 23.8 Å². The third-order valence-corrected chi connectivity index (χ3v) is 7.59. The first-order valence-electron chi connectivity index (χ1n) is 9.53. The fourth-order valence-electron chi connectivity index (χ4n) is 3.38. The minimum absolute atomic E-state index is 0.0741. The molecule has 164 valence electrons. The smallest absolute Gasteiger partial charge is 0.257 e. The third-order valence-electron chi connectivity index (χ3n) is 5.35. The molecule has 0 aliphatic heterocycles. The molecule has 1 aliphatic carbocycles. The van der Waals surface area contributed by atoms with E-state index in [1.807, 2.05) is 0 Å². The molecule has 0 amide bonds. The lowest BCUT2D eigenvalue weighted by molar-refractivity contribution is 0.128. The van der Waals surface area contributed by atoms with E-state index in [2.05, 4.69) is 10.0 Å². The number of pyridine rings is 1. The summed E-state index contributed by atoms with van der Waals surface area (Å²) in [6, 6.07) is 4.57. The number of methoxy groups -OCH3 is 1. The van der Waals surface area contributed by atoms with Gasteiger partial charge in [-0.1, -0.05) is 6.07 Å². The summed E-state index contributed by atoms with van der Waals surface area (Å²) >= 11 is 0. The molecule has 1 heterocycles. The second-order valence-corrected chi connectivity index (χ2v) is 9.68. The van der Waals surface area contributed by atoms with Crippen molar-refractivity contribution in [3.05, 3.63) is 51.7 Å². The van der Waals surface area contributed by atoms with Crippen LogP contribution in [-0.4, -0.2) is 36.6 Å². The average Bonchev–Trinajstić information content (AvgIpc) is 3.46. The lowest BCUT2D eigenvalue weighted by Crippen LogP contribution is -2.32. The van der Waals surface area contributed by atoms with Gasteiger partial charge in [-0.2, -0.15) is 0 Å². The maximum absolute atomic E-state index is 14.4. The van der Waals surface area contributed by atoms with Gasteiger partial charge in [-0.3, -0.25) is 14.1 Å². The van der Waals surface area contributed by atoms with Crippen LogP contribution < -0.4 is 15.6 Å². The average molecular weight is 440 g/mol. The van der Waals surface area contributed by atoms with Crippen LogP contribution in [0, 0.1) is 19.7 Å². The Balaban J connectivity index is 2.09.